The van der Waals surface area contributed by atoms with Crippen LogP contribution in [-0.2, 0) is 36.7 Å². The van der Waals surface area contributed by atoms with Gasteiger partial charge in [-0.25, -0.2) is 9.00 Å². The lowest BCUT2D eigenvalue weighted by Crippen LogP contribution is -2.59. The molecule has 1 aromatic carbocycles. The van der Waals surface area contributed by atoms with Crippen LogP contribution in [0.25, 0.3) is 0 Å². The molecular weight excluding hydrogens is 358 g/mol. The molecule has 1 aliphatic heterocycles. The zero-order valence-electron chi connectivity index (χ0n) is 16.5. The zero-order valence-corrected chi connectivity index (χ0v) is 17.3. The minimum Gasteiger partial charge on any atom is -0.307 e. The van der Waals surface area contributed by atoms with Crippen molar-refractivity contribution in [3.8, 4) is 0 Å². The first-order valence-corrected chi connectivity index (χ1v) is 11.7. The van der Waals surface area contributed by atoms with Crippen molar-refractivity contribution in [2.75, 3.05) is 18.4 Å². The van der Waals surface area contributed by atoms with E-state index < -0.39 is 11.0 Å². The van der Waals surface area contributed by atoms with Crippen molar-refractivity contribution in [3.05, 3.63) is 28.3 Å². The Bertz CT molecular complexity index is 722. The Balaban J connectivity index is 1.38. The maximum atomic E-state index is 12.6. The Labute approximate surface area is 164 Å². The van der Waals surface area contributed by atoms with Crippen molar-refractivity contribution in [1.82, 2.24) is 9.62 Å². The van der Waals surface area contributed by atoms with E-state index in [1.807, 2.05) is 0 Å². The number of nitrogens with zero attached hydrogens (tertiary/aromatic N) is 1. The Hall–Kier alpha value is -1.40. The summed E-state index contributed by atoms with van der Waals surface area (Å²) >= 11 is 0. The number of anilines is 1. The number of nitrogens with one attached hydrogen (secondary N) is 2. The molecule has 1 atom stereocenters. The number of carbonyl (C=O) groups excluding carboxylic acids is 1. The van der Waals surface area contributed by atoms with Crippen LogP contribution in [0, 0.1) is 0 Å². The molecule has 27 heavy (non-hydrogen) atoms. The monoisotopic (exact) mass is 389 g/mol. The summed E-state index contributed by atoms with van der Waals surface area (Å²) in [6, 6.07) is 2.61. The molecule has 3 aliphatic rings. The normalized spacial score (nSPS) is 20.3. The summed E-state index contributed by atoms with van der Waals surface area (Å²) < 4.78 is 15.3. The lowest BCUT2D eigenvalue weighted by molar-refractivity contribution is 0.116. The largest absolute Gasteiger partial charge is 0.331 e. The molecule has 1 unspecified atom stereocenters. The maximum absolute atomic E-state index is 12.6. The fourth-order valence-corrected chi connectivity index (χ4v) is 6.04. The van der Waals surface area contributed by atoms with Crippen LogP contribution in [-0.4, -0.2) is 39.5 Å². The molecule has 1 saturated heterocycles. The summed E-state index contributed by atoms with van der Waals surface area (Å²) in [6.45, 7) is 6.02. The Kier molecular flexibility index (Phi) is 5.55. The Morgan fingerprint density at radius 3 is 2.26 bits per heavy atom. The van der Waals surface area contributed by atoms with Crippen LogP contribution >= 0.6 is 0 Å². The third kappa shape index (κ3) is 3.66. The summed E-state index contributed by atoms with van der Waals surface area (Å²) in [5, 5.41) is 3.12. The fourth-order valence-electron chi connectivity index (χ4n) is 4.99. The predicted molar refractivity (Wildman–Crippen MR) is 111 cm³/mol. The quantitative estimate of drug-likeness (QED) is 0.785. The third-order valence-electron chi connectivity index (χ3n) is 6.54. The molecule has 2 aliphatic carbocycles. The highest BCUT2D eigenvalue weighted by molar-refractivity contribution is 7.84. The van der Waals surface area contributed by atoms with Gasteiger partial charge in [-0.05, 0) is 73.6 Å². The molecule has 0 spiro atoms. The summed E-state index contributed by atoms with van der Waals surface area (Å²) in [4.78, 5) is 14.9. The maximum Gasteiger partial charge on any atom is 0.331 e. The van der Waals surface area contributed by atoms with Crippen molar-refractivity contribution < 1.29 is 9.00 Å². The second kappa shape index (κ2) is 7.92. The van der Waals surface area contributed by atoms with Gasteiger partial charge >= 0.3 is 6.03 Å². The van der Waals surface area contributed by atoms with E-state index in [0.717, 1.165) is 70.1 Å². The van der Waals surface area contributed by atoms with E-state index in [1.165, 1.54) is 22.3 Å². The number of amides is 2. The van der Waals surface area contributed by atoms with Crippen LogP contribution in [0.4, 0.5) is 10.5 Å². The number of benzene rings is 1. The molecule has 1 aromatic rings. The first-order chi connectivity index (χ1) is 13.1. The van der Waals surface area contributed by atoms with Gasteiger partial charge in [0.05, 0.1) is 5.25 Å². The second-order valence-electron chi connectivity index (χ2n) is 8.13. The lowest BCUT2D eigenvalue weighted by Gasteiger charge is -2.43. The highest BCUT2D eigenvalue weighted by Gasteiger charge is 2.35. The Morgan fingerprint density at radius 1 is 1.11 bits per heavy atom. The van der Waals surface area contributed by atoms with Crippen LogP contribution in [0.5, 0.6) is 0 Å². The van der Waals surface area contributed by atoms with Crippen LogP contribution < -0.4 is 10.0 Å². The van der Waals surface area contributed by atoms with Gasteiger partial charge in [-0.1, -0.05) is 19.9 Å². The number of likely N-dealkylation sites (tertiary alicyclic amines) is 1. The van der Waals surface area contributed by atoms with E-state index in [0.29, 0.717) is 6.04 Å². The van der Waals surface area contributed by atoms with Crippen molar-refractivity contribution in [2.45, 2.75) is 76.5 Å². The van der Waals surface area contributed by atoms with Gasteiger partial charge in [-0.3, -0.25) is 9.62 Å². The zero-order chi connectivity index (χ0) is 19.0. The van der Waals surface area contributed by atoms with Gasteiger partial charge < -0.3 is 5.32 Å². The average Bonchev–Trinajstić information content (AvgIpc) is 3.26. The van der Waals surface area contributed by atoms with E-state index >= 15 is 0 Å². The summed E-state index contributed by atoms with van der Waals surface area (Å²) in [6.07, 6.45) is 8.85. The molecule has 5 nitrogen and oxygen atoms in total. The van der Waals surface area contributed by atoms with E-state index in [1.54, 1.807) is 0 Å². The smallest absolute Gasteiger partial charge is 0.307 e. The highest BCUT2D eigenvalue weighted by atomic mass is 32.2. The molecule has 0 saturated carbocycles. The van der Waals surface area contributed by atoms with Gasteiger partial charge in [-0.2, -0.15) is 0 Å². The first-order valence-electron chi connectivity index (χ1n) is 10.5. The number of aryl methyl sites for hydroxylation is 2. The van der Waals surface area contributed by atoms with Crippen LogP contribution in [0.15, 0.2) is 6.07 Å². The summed E-state index contributed by atoms with van der Waals surface area (Å²) in [5.74, 6) is 0. The first kappa shape index (κ1) is 18.9. The van der Waals surface area contributed by atoms with Crippen molar-refractivity contribution in [1.29, 1.82) is 0 Å². The summed E-state index contributed by atoms with van der Waals surface area (Å²) in [7, 11) is -1.32. The van der Waals surface area contributed by atoms with Crippen molar-refractivity contribution in [2.24, 2.45) is 0 Å². The standard InChI is InChI=1S/C21H31N3O2S/c1-3-16(4-2)24-12-17(13-24)27(26)23-21(25)22-20-18-9-5-7-14(18)11-15-8-6-10-19(15)20/h11,16-17H,3-10,12-13H2,1-2H3,(H2,22,23,25). The molecular formula is C21H31N3O2S. The number of fused-ring (bicyclic) bond motifs is 2. The van der Waals surface area contributed by atoms with Crippen molar-refractivity contribution >= 4 is 22.7 Å². The molecule has 2 amide bonds. The number of hydrogen-bond donors (Lipinski definition) is 2. The van der Waals surface area contributed by atoms with E-state index in [2.05, 4.69) is 34.9 Å². The molecule has 148 valence electrons. The number of rotatable bonds is 6. The fraction of sp³-hybridized carbons (Fsp3) is 0.667. The van der Waals surface area contributed by atoms with E-state index in [-0.39, 0.29) is 11.3 Å². The topological polar surface area (TPSA) is 61.4 Å². The molecule has 0 aromatic heterocycles. The van der Waals surface area contributed by atoms with Gasteiger partial charge in [-0.15, -0.1) is 0 Å². The molecule has 2 N–H and O–H groups in total. The van der Waals surface area contributed by atoms with Crippen LogP contribution in [0.2, 0.25) is 0 Å². The van der Waals surface area contributed by atoms with Crippen LogP contribution in [0.3, 0.4) is 0 Å². The second-order valence-corrected chi connectivity index (χ2v) is 9.60. The summed E-state index contributed by atoms with van der Waals surface area (Å²) in [5.41, 5.74) is 6.42. The lowest BCUT2D eigenvalue weighted by atomic mass is 9.99. The molecule has 1 fully saturated rings. The third-order valence-corrected chi connectivity index (χ3v) is 7.83. The minimum atomic E-state index is -1.32. The average molecular weight is 390 g/mol. The number of urea groups is 1. The van der Waals surface area contributed by atoms with Gasteiger partial charge in [0, 0.05) is 24.8 Å². The van der Waals surface area contributed by atoms with E-state index in [4.69, 9.17) is 0 Å². The van der Waals surface area contributed by atoms with Crippen molar-refractivity contribution in [3.63, 3.8) is 0 Å². The number of carbonyl (C=O) groups is 1. The minimum absolute atomic E-state index is 0.0450. The Morgan fingerprint density at radius 2 is 1.70 bits per heavy atom. The molecule has 6 heteroatoms. The molecule has 1 heterocycles. The van der Waals surface area contributed by atoms with Crippen LogP contribution in [0.1, 0.15) is 61.8 Å². The van der Waals surface area contributed by atoms with E-state index in [9.17, 15) is 9.00 Å². The van der Waals surface area contributed by atoms with Gasteiger partial charge in [0.1, 0.15) is 11.0 Å². The highest BCUT2D eigenvalue weighted by Crippen LogP contribution is 2.38. The SMILES string of the molecule is CCC(CC)N1CC(S(=O)NC(=O)Nc2c3c(cc4c2CCC4)CCC3)C1. The molecule has 4 rings (SSSR count). The van der Waals surface area contributed by atoms with Gasteiger partial charge in [0.25, 0.3) is 0 Å². The van der Waals surface area contributed by atoms with Gasteiger partial charge in [0.2, 0.25) is 0 Å². The molecule has 0 radical (unpaired) electrons. The predicted octanol–water partition coefficient (Wildman–Crippen LogP) is 3.32. The number of hydrogen-bond acceptors (Lipinski definition) is 3. The van der Waals surface area contributed by atoms with Gasteiger partial charge in [0.15, 0.2) is 0 Å². The molecule has 0 bridgehead atoms.